The van der Waals surface area contributed by atoms with E-state index in [0.717, 1.165) is 18.8 Å². The lowest BCUT2D eigenvalue weighted by atomic mass is 10.2. The summed E-state index contributed by atoms with van der Waals surface area (Å²) in [5.41, 5.74) is 1.29. The standard InChI is InChI=1S/C25H29OS/c1-3-4-5-12-19-26-22-17-18-25(21(2)20-22)27(23-13-8-6-9-14-23)24-15-10-7-11-16-24/h6-11,13-18,20H,3-5,12,19H2,1-2H3/q+1. The van der Waals surface area contributed by atoms with Crippen molar-refractivity contribution in [1.82, 2.24) is 0 Å². The Bertz CT molecular complexity index is 775. The van der Waals surface area contributed by atoms with Crippen LogP contribution in [0.25, 0.3) is 0 Å². The van der Waals surface area contributed by atoms with E-state index in [2.05, 4.69) is 92.7 Å². The molecule has 0 atom stereocenters. The van der Waals surface area contributed by atoms with E-state index in [1.807, 2.05) is 0 Å². The monoisotopic (exact) mass is 377 g/mol. The Morgan fingerprint density at radius 1 is 0.741 bits per heavy atom. The quantitative estimate of drug-likeness (QED) is 0.287. The number of hydrogen-bond acceptors (Lipinski definition) is 1. The smallest absolute Gasteiger partial charge is 0.169 e. The van der Waals surface area contributed by atoms with Gasteiger partial charge < -0.3 is 4.74 Å². The maximum Gasteiger partial charge on any atom is 0.169 e. The molecule has 3 rings (SSSR count). The van der Waals surface area contributed by atoms with Gasteiger partial charge in [0.1, 0.15) is 5.75 Å². The maximum atomic E-state index is 5.98. The first-order chi connectivity index (χ1) is 13.3. The first-order valence-corrected chi connectivity index (χ1v) is 11.1. The Labute approximate surface area is 166 Å². The predicted octanol–water partition coefficient (Wildman–Crippen LogP) is 7.05. The van der Waals surface area contributed by atoms with Gasteiger partial charge in [0.25, 0.3) is 0 Å². The topological polar surface area (TPSA) is 9.23 Å². The Hall–Kier alpha value is -2.19. The number of unbranched alkanes of at least 4 members (excludes halogenated alkanes) is 3. The van der Waals surface area contributed by atoms with Gasteiger partial charge in [-0.15, -0.1) is 0 Å². The normalized spacial score (nSPS) is 10.9. The van der Waals surface area contributed by atoms with E-state index in [0.29, 0.717) is 0 Å². The van der Waals surface area contributed by atoms with Gasteiger partial charge in [-0.1, -0.05) is 62.6 Å². The van der Waals surface area contributed by atoms with Crippen LogP contribution < -0.4 is 4.74 Å². The molecule has 140 valence electrons. The van der Waals surface area contributed by atoms with E-state index >= 15 is 0 Å². The van der Waals surface area contributed by atoms with Crippen molar-refractivity contribution in [2.45, 2.75) is 54.2 Å². The lowest BCUT2D eigenvalue weighted by molar-refractivity contribution is 0.304. The van der Waals surface area contributed by atoms with Gasteiger partial charge in [0.2, 0.25) is 0 Å². The zero-order valence-corrected chi connectivity index (χ0v) is 17.2. The molecule has 0 amide bonds. The van der Waals surface area contributed by atoms with Crippen LogP contribution in [0.4, 0.5) is 0 Å². The second kappa shape index (κ2) is 10.2. The molecule has 0 spiro atoms. The van der Waals surface area contributed by atoms with Crippen LogP contribution >= 0.6 is 0 Å². The molecule has 0 aromatic heterocycles. The summed E-state index contributed by atoms with van der Waals surface area (Å²) in [6, 6.07) is 28.2. The number of hydrogen-bond donors (Lipinski definition) is 0. The molecule has 0 saturated heterocycles. The van der Waals surface area contributed by atoms with E-state index in [1.165, 1.54) is 39.5 Å². The summed E-state index contributed by atoms with van der Waals surface area (Å²) < 4.78 is 5.98. The molecular formula is C25H29OS+. The van der Waals surface area contributed by atoms with Crippen LogP contribution in [0.5, 0.6) is 5.75 Å². The zero-order valence-electron chi connectivity index (χ0n) is 16.4. The van der Waals surface area contributed by atoms with Crippen LogP contribution in [0.3, 0.4) is 0 Å². The Morgan fingerprint density at radius 3 is 1.93 bits per heavy atom. The molecule has 0 aliphatic rings. The van der Waals surface area contributed by atoms with E-state index in [-0.39, 0.29) is 10.9 Å². The third-order valence-corrected chi connectivity index (χ3v) is 6.98. The molecule has 0 N–H and O–H groups in total. The molecule has 0 aliphatic heterocycles. The highest BCUT2D eigenvalue weighted by atomic mass is 32.2. The third kappa shape index (κ3) is 5.40. The van der Waals surface area contributed by atoms with Crippen molar-refractivity contribution < 1.29 is 4.74 Å². The lowest BCUT2D eigenvalue weighted by Gasteiger charge is -2.12. The van der Waals surface area contributed by atoms with Crippen LogP contribution in [-0.4, -0.2) is 6.61 Å². The van der Waals surface area contributed by atoms with Crippen molar-refractivity contribution in [1.29, 1.82) is 0 Å². The van der Waals surface area contributed by atoms with Crippen LogP contribution in [0.2, 0.25) is 0 Å². The van der Waals surface area contributed by atoms with Gasteiger partial charge in [0, 0.05) is 5.56 Å². The van der Waals surface area contributed by atoms with Gasteiger partial charge in [0.15, 0.2) is 14.7 Å². The van der Waals surface area contributed by atoms with Crippen LogP contribution in [0.15, 0.2) is 93.5 Å². The number of rotatable bonds is 9. The third-order valence-electron chi connectivity index (χ3n) is 4.59. The van der Waals surface area contributed by atoms with Crippen molar-refractivity contribution in [3.63, 3.8) is 0 Å². The second-order valence-electron chi connectivity index (χ2n) is 6.77. The van der Waals surface area contributed by atoms with E-state index in [9.17, 15) is 0 Å². The molecule has 3 aromatic carbocycles. The molecule has 0 radical (unpaired) electrons. The predicted molar refractivity (Wildman–Crippen MR) is 116 cm³/mol. The minimum absolute atomic E-state index is 0.100. The summed E-state index contributed by atoms with van der Waals surface area (Å²) in [5.74, 6) is 0.984. The fourth-order valence-electron chi connectivity index (χ4n) is 3.16. The van der Waals surface area contributed by atoms with E-state index < -0.39 is 0 Å². The van der Waals surface area contributed by atoms with Crippen molar-refractivity contribution in [2.75, 3.05) is 6.61 Å². The van der Waals surface area contributed by atoms with Gasteiger partial charge in [-0.25, -0.2) is 0 Å². The largest absolute Gasteiger partial charge is 0.494 e. The molecule has 3 aromatic rings. The molecular weight excluding hydrogens is 348 g/mol. The molecule has 0 unspecified atom stereocenters. The minimum Gasteiger partial charge on any atom is -0.494 e. The van der Waals surface area contributed by atoms with Gasteiger partial charge >= 0.3 is 0 Å². The SMILES string of the molecule is CCCCCCOc1ccc([S+](c2ccccc2)c2ccccc2)c(C)c1. The fraction of sp³-hybridized carbons (Fsp3) is 0.280. The lowest BCUT2D eigenvalue weighted by Crippen LogP contribution is -2.07. The molecule has 0 heterocycles. The highest BCUT2D eigenvalue weighted by Crippen LogP contribution is 2.34. The van der Waals surface area contributed by atoms with Crippen molar-refractivity contribution in [3.8, 4) is 5.75 Å². The number of aryl methyl sites for hydroxylation is 1. The Morgan fingerprint density at radius 2 is 1.37 bits per heavy atom. The average Bonchev–Trinajstić information content (AvgIpc) is 2.71. The second-order valence-corrected chi connectivity index (χ2v) is 8.76. The molecule has 27 heavy (non-hydrogen) atoms. The summed E-state index contributed by atoms with van der Waals surface area (Å²) in [7, 11) is -0.100. The highest BCUT2D eigenvalue weighted by Gasteiger charge is 2.30. The molecule has 2 heteroatoms. The summed E-state index contributed by atoms with van der Waals surface area (Å²) in [6.45, 7) is 5.24. The minimum atomic E-state index is -0.100. The Balaban J connectivity index is 1.83. The van der Waals surface area contributed by atoms with Crippen LogP contribution in [0.1, 0.15) is 38.2 Å². The molecule has 0 aliphatic carbocycles. The fourth-order valence-corrected chi connectivity index (χ4v) is 5.39. The van der Waals surface area contributed by atoms with Crippen LogP contribution in [-0.2, 0) is 10.9 Å². The highest BCUT2D eigenvalue weighted by molar-refractivity contribution is 7.97. The van der Waals surface area contributed by atoms with E-state index in [4.69, 9.17) is 4.74 Å². The molecule has 0 fully saturated rings. The number of ether oxygens (including phenoxy) is 1. The van der Waals surface area contributed by atoms with Gasteiger partial charge in [0.05, 0.1) is 17.5 Å². The van der Waals surface area contributed by atoms with Gasteiger partial charge in [-0.3, -0.25) is 0 Å². The zero-order chi connectivity index (χ0) is 18.9. The van der Waals surface area contributed by atoms with Crippen molar-refractivity contribution >= 4 is 10.9 Å². The van der Waals surface area contributed by atoms with Crippen LogP contribution in [0, 0.1) is 6.92 Å². The average molecular weight is 378 g/mol. The summed E-state index contributed by atoms with van der Waals surface area (Å²) in [5, 5.41) is 0. The first kappa shape index (κ1) is 19.6. The van der Waals surface area contributed by atoms with Gasteiger partial charge in [-0.05, 0) is 55.8 Å². The molecule has 1 nitrogen and oxygen atoms in total. The summed E-state index contributed by atoms with van der Waals surface area (Å²) in [6.07, 6.45) is 4.93. The van der Waals surface area contributed by atoms with Crippen molar-refractivity contribution in [3.05, 3.63) is 84.4 Å². The van der Waals surface area contributed by atoms with Gasteiger partial charge in [-0.2, -0.15) is 0 Å². The summed E-state index contributed by atoms with van der Waals surface area (Å²) in [4.78, 5) is 4.06. The maximum absolute atomic E-state index is 5.98. The first-order valence-electron chi connectivity index (χ1n) is 9.87. The molecule has 0 saturated carbocycles. The number of benzene rings is 3. The van der Waals surface area contributed by atoms with Crippen molar-refractivity contribution in [2.24, 2.45) is 0 Å². The Kier molecular flexibility index (Phi) is 7.41. The van der Waals surface area contributed by atoms with E-state index in [1.54, 1.807) is 0 Å². The molecule has 0 bridgehead atoms. The summed E-state index contributed by atoms with van der Waals surface area (Å²) >= 11 is 0.